The highest BCUT2D eigenvalue weighted by Gasteiger charge is 2.19. The van der Waals surface area contributed by atoms with Crippen LogP contribution in [0.3, 0.4) is 0 Å². The third-order valence-corrected chi connectivity index (χ3v) is 5.28. The Morgan fingerprint density at radius 1 is 1.29 bits per heavy atom. The molecule has 0 amide bonds. The molecule has 0 radical (unpaired) electrons. The number of Topliss-reactive ketones (excluding diaryl/α,β-unsaturated/α-hetero) is 1. The molecular formula is C17H23N3O3S. The van der Waals surface area contributed by atoms with Crippen LogP contribution in [0.2, 0.25) is 0 Å². The SMILES string of the molecule is CCC(=O)c1cccc(S(=O)(=O)N[C@@H](C)Cn2nc(C)cc2C)c1. The van der Waals surface area contributed by atoms with Gasteiger partial charge in [-0.05, 0) is 39.0 Å². The first-order valence-electron chi connectivity index (χ1n) is 7.89. The van der Waals surface area contributed by atoms with Gasteiger partial charge in [-0.3, -0.25) is 9.48 Å². The molecule has 0 aliphatic heterocycles. The Balaban J connectivity index is 2.16. The Kier molecular flexibility index (Phi) is 5.56. The molecule has 7 heteroatoms. The zero-order valence-corrected chi connectivity index (χ0v) is 15.2. The minimum atomic E-state index is -3.69. The summed E-state index contributed by atoms with van der Waals surface area (Å²) in [5.41, 5.74) is 2.29. The van der Waals surface area contributed by atoms with E-state index in [2.05, 4.69) is 9.82 Å². The number of carbonyl (C=O) groups excluding carboxylic acids is 1. The molecule has 1 heterocycles. The van der Waals surface area contributed by atoms with Gasteiger partial charge in [0.05, 0.1) is 17.1 Å². The highest BCUT2D eigenvalue weighted by Crippen LogP contribution is 2.14. The highest BCUT2D eigenvalue weighted by molar-refractivity contribution is 7.89. The van der Waals surface area contributed by atoms with Crippen molar-refractivity contribution in [3.63, 3.8) is 0 Å². The van der Waals surface area contributed by atoms with Gasteiger partial charge < -0.3 is 0 Å². The normalized spacial score (nSPS) is 13.0. The lowest BCUT2D eigenvalue weighted by Crippen LogP contribution is -2.36. The fourth-order valence-corrected chi connectivity index (χ4v) is 3.81. The van der Waals surface area contributed by atoms with Crippen LogP contribution in [-0.2, 0) is 16.6 Å². The molecule has 0 spiro atoms. The molecular weight excluding hydrogens is 326 g/mol. The minimum absolute atomic E-state index is 0.0808. The second-order valence-electron chi connectivity index (χ2n) is 5.94. The van der Waals surface area contributed by atoms with Gasteiger partial charge in [0.15, 0.2) is 5.78 Å². The van der Waals surface area contributed by atoms with Gasteiger partial charge in [0.25, 0.3) is 0 Å². The third kappa shape index (κ3) is 4.30. The van der Waals surface area contributed by atoms with Gasteiger partial charge in [0, 0.05) is 23.7 Å². The van der Waals surface area contributed by atoms with Crippen LogP contribution >= 0.6 is 0 Å². The first-order valence-corrected chi connectivity index (χ1v) is 9.38. The largest absolute Gasteiger partial charge is 0.294 e. The number of benzene rings is 1. The van der Waals surface area contributed by atoms with Crippen molar-refractivity contribution in [2.24, 2.45) is 0 Å². The quantitative estimate of drug-likeness (QED) is 0.779. The Morgan fingerprint density at radius 3 is 2.58 bits per heavy atom. The number of hydrogen-bond acceptors (Lipinski definition) is 4. The van der Waals surface area contributed by atoms with E-state index in [1.165, 1.54) is 12.1 Å². The van der Waals surface area contributed by atoms with Crippen LogP contribution < -0.4 is 4.72 Å². The maximum Gasteiger partial charge on any atom is 0.240 e. The summed E-state index contributed by atoms with van der Waals surface area (Å²) in [5, 5.41) is 4.34. The summed E-state index contributed by atoms with van der Waals surface area (Å²) in [6.45, 7) is 7.80. The number of aromatic nitrogens is 2. The van der Waals surface area contributed by atoms with E-state index in [4.69, 9.17) is 0 Å². The van der Waals surface area contributed by atoms with Crippen molar-refractivity contribution in [1.29, 1.82) is 0 Å². The zero-order valence-electron chi connectivity index (χ0n) is 14.4. The predicted octanol–water partition coefficient (Wildman–Crippen LogP) is 2.46. The molecule has 0 aliphatic rings. The summed E-state index contributed by atoms with van der Waals surface area (Å²) >= 11 is 0. The predicted molar refractivity (Wildman–Crippen MR) is 92.5 cm³/mol. The second-order valence-corrected chi connectivity index (χ2v) is 7.65. The van der Waals surface area contributed by atoms with E-state index in [0.29, 0.717) is 18.5 Å². The Labute approximate surface area is 142 Å². The Morgan fingerprint density at radius 2 is 2.00 bits per heavy atom. The molecule has 6 nitrogen and oxygen atoms in total. The van der Waals surface area contributed by atoms with Crippen LogP contribution in [0.5, 0.6) is 0 Å². The van der Waals surface area contributed by atoms with E-state index in [9.17, 15) is 13.2 Å². The average Bonchev–Trinajstić information content (AvgIpc) is 2.83. The van der Waals surface area contributed by atoms with Crippen molar-refractivity contribution >= 4 is 15.8 Å². The first kappa shape index (κ1) is 18.4. The average molecular weight is 349 g/mol. The summed E-state index contributed by atoms with van der Waals surface area (Å²) in [5.74, 6) is -0.0808. The minimum Gasteiger partial charge on any atom is -0.294 e. The van der Waals surface area contributed by atoms with Gasteiger partial charge in [0.1, 0.15) is 0 Å². The standard InChI is InChI=1S/C17H23N3O3S/c1-5-17(21)15-7-6-8-16(10-15)24(22,23)19-13(3)11-20-14(4)9-12(2)18-20/h6-10,13,19H,5,11H2,1-4H3/t13-/m0/s1. The third-order valence-electron chi connectivity index (χ3n) is 3.69. The number of rotatable bonds is 7. The fourth-order valence-electron chi connectivity index (χ4n) is 2.53. The maximum absolute atomic E-state index is 12.5. The lowest BCUT2D eigenvalue weighted by molar-refractivity contribution is 0.0988. The number of sulfonamides is 1. The molecule has 0 aliphatic carbocycles. The summed E-state index contributed by atoms with van der Waals surface area (Å²) in [4.78, 5) is 11.9. The number of nitrogens with one attached hydrogen (secondary N) is 1. The lowest BCUT2D eigenvalue weighted by Gasteiger charge is -2.15. The van der Waals surface area contributed by atoms with E-state index < -0.39 is 10.0 Å². The summed E-state index contributed by atoms with van der Waals surface area (Å²) in [6, 6.07) is 7.74. The molecule has 130 valence electrons. The van der Waals surface area contributed by atoms with Crippen LogP contribution in [-0.4, -0.2) is 30.0 Å². The molecule has 1 atom stereocenters. The van der Waals surface area contributed by atoms with Gasteiger partial charge in [-0.25, -0.2) is 13.1 Å². The number of ketones is 1. The molecule has 1 aromatic heterocycles. The van der Waals surface area contributed by atoms with E-state index in [1.807, 2.05) is 19.9 Å². The molecule has 2 aromatic rings. The number of aryl methyl sites for hydroxylation is 2. The molecule has 0 bridgehead atoms. The fraction of sp³-hybridized carbons (Fsp3) is 0.412. The summed E-state index contributed by atoms with van der Waals surface area (Å²) in [7, 11) is -3.69. The van der Waals surface area contributed by atoms with Gasteiger partial charge in [0.2, 0.25) is 10.0 Å². The maximum atomic E-state index is 12.5. The molecule has 2 rings (SSSR count). The molecule has 0 saturated carbocycles. The van der Waals surface area contributed by atoms with Gasteiger partial charge >= 0.3 is 0 Å². The zero-order chi connectivity index (χ0) is 17.9. The number of hydrogen-bond donors (Lipinski definition) is 1. The van der Waals surface area contributed by atoms with Crippen molar-refractivity contribution in [3.8, 4) is 0 Å². The Hall–Kier alpha value is -1.99. The van der Waals surface area contributed by atoms with Crippen LogP contribution in [0, 0.1) is 13.8 Å². The summed E-state index contributed by atoms with van der Waals surface area (Å²) < 4.78 is 29.5. The van der Waals surface area contributed by atoms with Gasteiger partial charge in [-0.2, -0.15) is 5.10 Å². The second kappa shape index (κ2) is 7.27. The number of carbonyl (C=O) groups is 1. The van der Waals surface area contributed by atoms with Crippen LogP contribution in [0.15, 0.2) is 35.2 Å². The molecule has 24 heavy (non-hydrogen) atoms. The molecule has 0 fully saturated rings. The number of nitrogens with zero attached hydrogens (tertiary/aromatic N) is 2. The van der Waals surface area contributed by atoms with Crippen LogP contribution in [0.4, 0.5) is 0 Å². The molecule has 0 unspecified atom stereocenters. The molecule has 0 saturated heterocycles. The monoisotopic (exact) mass is 349 g/mol. The van der Waals surface area contributed by atoms with Crippen molar-refractivity contribution < 1.29 is 13.2 Å². The van der Waals surface area contributed by atoms with Crippen molar-refractivity contribution in [2.75, 3.05) is 0 Å². The van der Waals surface area contributed by atoms with E-state index in [0.717, 1.165) is 11.4 Å². The van der Waals surface area contributed by atoms with Crippen LogP contribution in [0.25, 0.3) is 0 Å². The van der Waals surface area contributed by atoms with Crippen LogP contribution in [0.1, 0.15) is 42.0 Å². The Bertz CT molecular complexity index is 841. The van der Waals surface area contributed by atoms with Gasteiger partial charge in [-0.1, -0.05) is 19.1 Å². The van der Waals surface area contributed by atoms with E-state index >= 15 is 0 Å². The first-order chi connectivity index (χ1) is 11.2. The topological polar surface area (TPSA) is 81.1 Å². The van der Waals surface area contributed by atoms with Gasteiger partial charge in [-0.15, -0.1) is 0 Å². The van der Waals surface area contributed by atoms with Crippen molar-refractivity contribution in [2.45, 2.75) is 51.6 Å². The lowest BCUT2D eigenvalue weighted by atomic mass is 10.1. The van der Waals surface area contributed by atoms with Crippen molar-refractivity contribution in [1.82, 2.24) is 14.5 Å². The molecule has 1 N–H and O–H groups in total. The molecule has 1 aromatic carbocycles. The van der Waals surface area contributed by atoms with Crippen molar-refractivity contribution in [3.05, 3.63) is 47.3 Å². The van der Waals surface area contributed by atoms with E-state index in [-0.39, 0.29) is 16.7 Å². The summed E-state index contributed by atoms with van der Waals surface area (Å²) in [6.07, 6.45) is 0.339. The van der Waals surface area contributed by atoms with E-state index in [1.54, 1.807) is 30.7 Å². The highest BCUT2D eigenvalue weighted by atomic mass is 32.2. The smallest absolute Gasteiger partial charge is 0.240 e.